The molecule has 1 aromatic rings. The number of amides is 1. The standard InChI is InChI=1S/C16H23NO3/c1-12(9-10-13-6-5-11-20-13)17-16(18)14-7-3-4-8-15(14)19-2/h3-4,7-8,12-13H,5-6,9-11H2,1-2H3,(H,17,18)/t12-,13-/m1/s1. The van der Waals surface area contributed by atoms with Crippen LogP contribution in [0.25, 0.3) is 0 Å². The van der Waals surface area contributed by atoms with Crippen molar-refractivity contribution < 1.29 is 14.3 Å². The molecule has 1 aliphatic rings. The molecule has 110 valence electrons. The Morgan fingerprint density at radius 1 is 1.50 bits per heavy atom. The van der Waals surface area contributed by atoms with Crippen LogP contribution in [0.5, 0.6) is 5.75 Å². The number of nitrogens with one attached hydrogen (secondary N) is 1. The summed E-state index contributed by atoms with van der Waals surface area (Å²) in [6.45, 7) is 2.91. The maximum absolute atomic E-state index is 12.2. The third-order valence-corrected chi connectivity index (χ3v) is 3.67. The monoisotopic (exact) mass is 277 g/mol. The molecule has 1 heterocycles. The topological polar surface area (TPSA) is 47.6 Å². The average Bonchev–Trinajstić information content (AvgIpc) is 2.98. The van der Waals surface area contributed by atoms with Crippen molar-refractivity contribution >= 4 is 5.91 Å². The summed E-state index contributed by atoms with van der Waals surface area (Å²) in [4.78, 5) is 12.2. The highest BCUT2D eigenvalue weighted by Crippen LogP contribution is 2.19. The molecule has 1 amide bonds. The molecule has 4 heteroatoms. The molecule has 2 rings (SSSR count). The van der Waals surface area contributed by atoms with Crippen LogP contribution in [0.15, 0.2) is 24.3 Å². The van der Waals surface area contributed by atoms with E-state index in [0.29, 0.717) is 17.4 Å². The van der Waals surface area contributed by atoms with Crippen LogP contribution in [0, 0.1) is 0 Å². The van der Waals surface area contributed by atoms with Crippen LogP contribution in [0.1, 0.15) is 43.0 Å². The van der Waals surface area contributed by atoms with Gasteiger partial charge < -0.3 is 14.8 Å². The van der Waals surface area contributed by atoms with E-state index in [4.69, 9.17) is 9.47 Å². The fourth-order valence-corrected chi connectivity index (χ4v) is 2.51. The first-order valence-electron chi connectivity index (χ1n) is 7.26. The number of methoxy groups -OCH3 is 1. The van der Waals surface area contributed by atoms with Gasteiger partial charge >= 0.3 is 0 Å². The SMILES string of the molecule is COc1ccccc1C(=O)N[C@H](C)CC[C@H]1CCCO1. The quantitative estimate of drug-likeness (QED) is 0.869. The Bertz CT molecular complexity index is 441. The van der Waals surface area contributed by atoms with Crippen molar-refractivity contribution in [3.63, 3.8) is 0 Å². The molecule has 0 aliphatic carbocycles. The first-order chi connectivity index (χ1) is 9.70. The van der Waals surface area contributed by atoms with Crippen LogP contribution in [0.4, 0.5) is 0 Å². The highest BCUT2D eigenvalue weighted by atomic mass is 16.5. The molecule has 20 heavy (non-hydrogen) atoms. The third-order valence-electron chi connectivity index (χ3n) is 3.67. The molecular weight excluding hydrogens is 254 g/mol. The zero-order valence-corrected chi connectivity index (χ0v) is 12.2. The van der Waals surface area contributed by atoms with Crippen molar-refractivity contribution in [2.24, 2.45) is 0 Å². The van der Waals surface area contributed by atoms with E-state index in [1.807, 2.05) is 19.1 Å². The second-order valence-electron chi connectivity index (χ2n) is 5.29. The van der Waals surface area contributed by atoms with Gasteiger partial charge in [-0.1, -0.05) is 12.1 Å². The number of benzene rings is 1. The Kier molecular flexibility index (Phi) is 5.41. The van der Waals surface area contributed by atoms with Gasteiger partial charge in [0, 0.05) is 12.6 Å². The Hall–Kier alpha value is -1.55. The number of carbonyl (C=O) groups is 1. The van der Waals surface area contributed by atoms with Gasteiger partial charge in [-0.15, -0.1) is 0 Å². The zero-order valence-electron chi connectivity index (χ0n) is 12.2. The molecule has 0 spiro atoms. The molecule has 0 bridgehead atoms. The predicted molar refractivity (Wildman–Crippen MR) is 78.1 cm³/mol. The normalized spacial score (nSPS) is 19.6. The van der Waals surface area contributed by atoms with Gasteiger partial charge in [0.25, 0.3) is 5.91 Å². The minimum Gasteiger partial charge on any atom is -0.496 e. The summed E-state index contributed by atoms with van der Waals surface area (Å²) in [6, 6.07) is 7.41. The summed E-state index contributed by atoms with van der Waals surface area (Å²) in [7, 11) is 1.58. The highest BCUT2D eigenvalue weighted by molar-refractivity contribution is 5.97. The molecule has 0 radical (unpaired) electrons. The van der Waals surface area contributed by atoms with Gasteiger partial charge in [0.05, 0.1) is 18.8 Å². The molecule has 0 saturated carbocycles. The van der Waals surface area contributed by atoms with E-state index in [0.717, 1.165) is 32.3 Å². The van der Waals surface area contributed by atoms with Crippen molar-refractivity contribution in [3.8, 4) is 5.75 Å². The number of rotatable bonds is 6. The number of ether oxygens (including phenoxy) is 2. The number of para-hydroxylation sites is 1. The smallest absolute Gasteiger partial charge is 0.255 e. The van der Waals surface area contributed by atoms with Gasteiger partial charge in [-0.05, 0) is 44.7 Å². The van der Waals surface area contributed by atoms with Gasteiger partial charge in [-0.3, -0.25) is 4.79 Å². The number of hydrogen-bond donors (Lipinski definition) is 1. The van der Waals surface area contributed by atoms with E-state index in [1.54, 1.807) is 19.2 Å². The summed E-state index contributed by atoms with van der Waals surface area (Å²) < 4.78 is 10.8. The van der Waals surface area contributed by atoms with E-state index in [-0.39, 0.29) is 11.9 Å². The molecule has 0 unspecified atom stereocenters. The Morgan fingerprint density at radius 2 is 2.30 bits per heavy atom. The maximum Gasteiger partial charge on any atom is 0.255 e. The van der Waals surface area contributed by atoms with E-state index in [2.05, 4.69) is 5.32 Å². The van der Waals surface area contributed by atoms with Gasteiger partial charge in [0.1, 0.15) is 5.75 Å². The predicted octanol–water partition coefficient (Wildman–Crippen LogP) is 2.77. The van der Waals surface area contributed by atoms with E-state index in [9.17, 15) is 4.79 Å². The van der Waals surface area contributed by atoms with Crippen LogP contribution < -0.4 is 10.1 Å². The van der Waals surface area contributed by atoms with Crippen LogP contribution in [0.3, 0.4) is 0 Å². The summed E-state index contributed by atoms with van der Waals surface area (Å²) >= 11 is 0. The first kappa shape index (κ1) is 14.9. The lowest BCUT2D eigenvalue weighted by molar-refractivity contribution is 0.0897. The second kappa shape index (κ2) is 7.29. The third kappa shape index (κ3) is 3.97. The second-order valence-corrected chi connectivity index (χ2v) is 5.29. The van der Waals surface area contributed by atoms with Crippen molar-refractivity contribution in [3.05, 3.63) is 29.8 Å². The minimum absolute atomic E-state index is 0.0812. The molecule has 1 fully saturated rings. The molecule has 1 N–H and O–H groups in total. The molecular formula is C16H23NO3. The average molecular weight is 277 g/mol. The largest absolute Gasteiger partial charge is 0.496 e. The Balaban J connectivity index is 1.83. The maximum atomic E-state index is 12.2. The summed E-state index contributed by atoms with van der Waals surface area (Å²) in [5, 5.41) is 3.02. The van der Waals surface area contributed by atoms with Gasteiger partial charge in [0.15, 0.2) is 0 Å². The molecule has 1 saturated heterocycles. The van der Waals surface area contributed by atoms with Gasteiger partial charge in [-0.25, -0.2) is 0 Å². The van der Waals surface area contributed by atoms with Gasteiger partial charge in [-0.2, -0.15) is 0 Å². The molecule has 2 atom stereocenters. The molecule has 1 aliphatic heterocycles. The van der Waals surface area contributed by atoms with E-state index in [1.165, 1.54) is 0 Å². The zero-order chi connectivity index (χ0) is 14.4. The van der Waals surface area contributed by atoms with Crippen molar-refractivity contribution in [2.75, 3.05) is 13.7 Å². The number of carbonyl (C=O) groups excluding carboxylic acids is 1. The highest BCUT2D eigenvalue weighted by Gasteiger charge is 2.18. The Morgan fingerprint density at radius 3 is 3.00 bits per heavy atom. The molecule has 0 aromatic heterocycles. The molecule has 1 aromatic carbocycles. The summed E-state index contributed by atoms with van der Waals surface area (Å²) in [5.74, 6) is 0.526. The lowest BCUT2D eigenvalue weighted by Gasteiger charge is -2.17. The van der Waals surface area contributed by atoms with Crippen molar-refractivity contribution in [1.29, 1.82) is 0 Å². The van der Waals surface area contributed by atoms with Crippen LogP contribution in [-0.4, -0.2) is 31.8 Å². The van der Waals surface area contributed by atoms with Crippen molar-refractivity contribution in [1.82, 2.24) is 5.32 Å². The minimum atomic E-state index is -0.0812. The lowest BCUT2D eigenvalue weighted by atomic mass is 10.1. The van der Waals surface area contributed by atoms with Crippen LogP contribution >= 0.6 is 0 Å². The van der Waals surface area contributed by atoms with Crippen LogP contribution in [-0.2, 0) is 4.74 Å². The molecule has 4 nitrogen and oxygen atoms in total. The fraction of sp³-hybridized carbons (Fsp3) is 0.562. The van der Waals surface area contributed by atoms with Crippen molar-refractivity contribution in [2.45, 2.75) is 44.8 Å². The lowest BCUT2D eigenvalue weighted by Crippen LogP contribution is -2.33. The summed E-state index contributed by atoms with van der Waals surface area (Å²) in [6.07, 6.45) is 4.62. The summed E-state index contributed by atoms with van der Waals surface area (Å²) in [5.41, 5.74) is 0.582. The fourth-order valence-electron chi connectivity index (χ4n) is 2.51. The first-order valence-corrected chi connectivity index (χ1v) is 7.26. The Labute approximate surface area is 120 Å². The van der Waals surface area contributed by atoms with E-state index < -0.39 is 0 Å². The van der Waals surface area contributed by atoms with E-state index >= 15 is 0 Å². The number of hydrogen-bond acceptors (Lipinski definition) is 3. The van der Waals surface area contributed by atoms with Gasteiger partial charge in [0.2, 0.25) is 0 Å². The van der Waals surface area contributed by atoms with Crippen LogP contribution in [0.2, 0.25) is 0 Å².